The second kappa shape index (κ2) is 6.99. The Balaban J connectivity index is 1.20. The van der Waals surface area contributed by atoms with Gasteiger partial charge in [-0.15, -0.1) is 5.10 Å². The summed E-state index contributed by atoms with van der Waals surface area (Å²) in [6.07, 6.45) is 6.27. The van der Waals surface area contributed by atoms with Gasteiger partial charge in [-0.05, 0) is 31.6 Å². The average Bonchev–Trinajstić information content (AvgIpc) is 3.05. The number of urea groups is 1. The fraction of sp³-hybridized carbons (Fsp3) is 0.750. The van der Waals surface area contributed by atoms with Gasteiger partial charge in [0.25, 0.3) is 5.91 Å². The van der Waals surface area contributed by atoms with Crippen molar-refractivity contribution < 1.29 is 14.3 Å². The SMILES string of the molecule is O=C(NCC1CC1)c1cn(C2CN(C(=O)NCC3CCCO3)C2)nn1. The molecule has 3 amide bonds. The number of hydrogen-bond donors (Lipinski definition) is 2. The first kappa shape index (κ1) is 16.3. The highest BCUT2D eigenvalue weighted by Crippen LogP contribution is 2.27. The lowest BCUT2D eigenvalue weighted by Gasteiger charge is -2.38. The van der Waals surface area contributed by atoms with Gasteiger partial charge in [0.05, 0.1) is 18.3 Å². The normalized spacial score (nSPS) is 23.4. The van der Waals surface area contributed by atoms with E-state index in [4.69, 9.17) is 4.74 Å². The number of nitrogens with one attached hydrogen (secondary N) is 2. The standard InChI is InChI=1S/C16H24N6O3/c23-15(17-6-11-3-4-11)14-10-22(20-19-14)12-8-21(9-12)16(24)18-7-13-2-1-5-25-13/h10-13H,1-9H2,(H,17,23)(H,18,24). The van der Waals surface area contributed by atoms with Crippen LogP contribution in [0, 0.1) is 5.92 Å². The zero-order valence-electron chi connectivity index (χ0n) is 14.2. The molecule has 0 aromatic carbocycles. The molecule has 1 aromatic heterocycles. The van der Waals surface area contributed by atoms with Crippen molar-refractivity contribution in [1.29, 1.82) is 0 Å². The van der Waals surface area contributed by atoms with Crippen LogP contribution in [0.5, 0.6) is 0 Å². The first-order chi connectivity index (χ1) is 12.2. The van der Waals surface area contributed by atoms with Gasteiger partial charge in [-0.3, -0.25) is 4.79 Å². The van der Waals surface area contributed by atoms with Crippen molar-refractivity contribution in [2.75, 3.05) is 32.8 Å². The Hall–Kier alpha value is -2.16. The average molecular weight is 348 g/mol. The van der Waals surface area contributed by atoms with Crippen molar-refractivity contribution in [3.8, 4) is 0 Å². The van der Waals surface area contributed by atoms with Crippen molar-refractivity contribution in [2.24, 2.45) is 5.92 Å². The van der Waals surface area contributed by atoms with E-state index in [1.54, 1.807) is 15.8 Å². The van der Waals surface area contributed by atoms with Crippen molar-refractivity contribution in [1.82, 2.24) is 30.5 Å². The molecule has 0 bridgehead atoms. The van der Waals surface area contributed by atoms with E-state index in [1.165, 1.54) is 12.8 Å². The molecule has 25 heavy (non-hydrogen) atoms. The molecule has 9 nitrogen and oxygen atoms in total. The number of ether oxygens (including phenoxy) is 1. The Kier molecular flexibility index (Phi) is 4.56. The lowest BCUT2D eigenvalue weighted by molar-refractivity contribution is 0.0944. The van der Waals surface area contributed by atoms with Crippen molar-refractivity contribution >= 4 is 11.9 Å². The first-order valence-corrected chi connectivity index (χ1v) is 9.03. The van der Waals surface area contributed by atoms with Crippen LogP contribution in [0.4, 0.5) is 4.79 Å². The van der Waals surface area contributed by atoms with Gasteiger partial charge in [-0.2, -0.15) is 0 Å². The van der Waals surface area contributed by atoms with Crippen LogP contribution in [0.15, 0.2) is 6.20 Å². The second-order valence-corrected chi connectivity index (χ2v) is 7.12. The summed E-state index contributed by atoms with van der Waals surface area (Å²) in [5.74, 6) is 0.455. The van der Waals surface area contributed by atoms with Gasteiger partial charge in [-0.1, -0.05) is 5.21 Å². The monoisotopic (exact) mass is 348 g/mol. The highest BCUT2D eigenvalue weighted by Gasteiger charge is 2.33. The number of carbonyl (C=O) groups is 2. The number of carbonyl (C=O) groups excluding carboxylic acids is 2. The van der Waals surface area contributed by atoms with E-state index in [0.717, 1.165) is 19.4 Å². The van der Waals surface area contributed by atoms with Crippen LogP contribution in [0.2, 0.25) is 0 Å². The molecule has 3 heterocycles. The van der Waals surface area contributed by atoms with E-state index in [-0.39, 0.29) is 24.1 Å². The molecular formula is C16H24N6O3. The van der Waals surface area contributed by atoms with E-state index in [2.05, 4.69) is 20.9 Å². The van der Waals surface area contributed by atoms with Gasteiger partial charge in [0.15, 0.2) is 5.69 Å². The third-order valence-electron chi connectivity index (χ3n) is 5.02. The van der Waals surface area contributed by atoms with E-state index in [1.807, 2.05) is 0 Å². The minimum absolute atomic E-state index is 0.0748. The van der Waals surface area contributed by atoms with E-state index >= 15 is 0 Å². The van der Waals surface area contributed by atoms with Crippen LogP contribution in [-0.4, -0.2) is 70.7 Å². The highest BCUT2D eigenvalue weighted by molar-refractivity contribution is 5.91. The molecule has 1 saturated carbocycles. The quantitative estimate of drug-likeness (QED) is 0.763. The molecule has 2 N–H and O–H groups in total. The van der Waals surface area contributed by atoms with Crippen LogP contribution in [0.25, 0.3) is 0 Å². The van der Waals surface area contributed by atoms with Gasteiger partial charge in [0, 0.05) is 32.8 Å². The summed E-state index contributed by atoms with van der Waals surface area (Å²) in [6, 6.07) is 0.000211. The molecule has 4 rings (SSSR count). The van der Waals surface area contributed by atoms with Crippen LogP contribution >= 0.6 is 0 Å². The number of hydrogen-bond acceptors (Lipinski definition) is 5. The maximum Gasteiger partial charge on any atom is 0.317 e. The van der Waals surface area contributed by atoms with E-state index in [9.17, 15) is 9.59 Å². The van der Waals surface area contributed by atoms with Gasteiger partial charge in [0.2, 0.25) is 0 Å². The zero-order valence-corrected chi connectivity index (χ0v) is 14.2. The molecule has 1 aromatic rings. The zero-order chi connectivity index (χ0) is 17.2. The minimum Gasteiger partial charge on any atom is -0.376 e. The van der Waals surface area contributed by atoms with Crippen LogP contribution in [0.3, 0.4) is 0 Å². The fourth-order valence-electron chi connectivity index (χ4n) is 3.12. The molecule has 1 unspecified atom stereocenters. The summed E-state index contributed by atoms with van der Waals surface area (Å²) in [5.41, 5.74) is 0.335. The summed E-state index contributed by atoms with van der Waals surface area (Å²) >= 11 is 0. The van der Waals surface area contributed by atoms with Crippen LogP contribution < -0.4 is 10.6 Å². The molecule has 136 valence electrons. The summed E-state index contributed by atoms with van der Waals surface area (Å²) in [4.78, 5) is 25.8. The largest absolute Gasteiger partial charge is 0.376 e. The Morgan fingerprint density at radius 2 is 2.04 bits per heavy atom. The van der Waals surface area contributed by atoms with Gasteiger partial charge in [-0.25, -0.2) is 9.48 Å². The van der Waals surface area contributed by atoms with Crippen LogP contribution in [-0.2, 0) is 4.74 Å². The van der Waals surface area contributed by atoms with E-state index < -0.39 is 0 Å². The van der Waals surface area contributed by atoms with Crippen molar-refractivity contribution in [3.05, 3.63) is 11.9 Å². The second-order valence-electron chi connectivity index (χ2n) is 7.12. The number of aromatic nitrogens is 3. The number of amides is 3. The minimum atomic E-state index is -0.177. The first-order valence-electron chi connectivity index (χ1n) is 9.03. The Labute approximate surface area is 146 Å². The highest BCUT2D eigenvalue weighted by atomic mass is 16.5. The summed E-state index contributed by atoms with van der Waals surface area (Å²) in [6.45, 7) is 3.21. The molecule has 0 spiro atoms. The predicted molar refractivity (Wildman–Crippen MR) is 88.1 cm³/mol. The molecule has 1 aliphatic carbocycles. The van der Waals surface area contributed by atoms with Crippen molar-refractivity contribution in [2.45, 2.75) is 37.8 Å². The molecule has 1 atom stereocenters. The molecule has 2 aliphatic heterocycles. The topological polar surface area (TPSA) is 101 Å². The van der Waals surface area contributed by atoms with Crippen LogP contribution in [0.1, 0.15) is 42.2 Å². The van der Waals surface area contributed by atoms with Crippen molar-refractivity contribution in [3.63, 3.8) is 0 Å². The Morgan fingerprint density at radius 3 is 2.76 bits per heavy atom. The lowest BCUT2D eigenvalue weighted by Crippen LogP contribution is -2.55. The molecule has 9 heteroatoms. The Morgan fingerprint density at radius 1 is 1.20 bits per heavy atom. The molecule has 2 saturated heterocycles. The summed E-state index contributed by atoms with van der Waals surface area (Å²) in [7, 11) is 0. The third-order valence-corrected chi connectivity index (χ3v) is 5.02. The molecule has 3 aliphatic rings. The predicted octanol–water partition coefficient (Wildman–Crippen LogP) is 0.163. The fourth-order valence-corrected chi connectivity index (χ4v) is 3.12. The van der Waals surface area contributed by atoms with E-state index in [0.29, 0.717) is 37.8 Å². The number of nitrogens with zero attached hydrogens (tertiary/aromatic N) is 4. The third kappa shape index (κ3) is 3.92. The lowest BCUT2D eigenvalue weighted by atomic mass is 10.1. The molecule has 3 fully saturated rings. The van der Waals surface area contributed by atoms with Gasteiger partial charge >= 0.3 is 6.03 Å². The Bertz CT molecular complexity index is 632. The maximum atomic E-state index is 12.1. The smallest absolute Gasteiger partial charge is 0.317 e. The van der Waals surface area contributed by atoms with Gasteiger partial charge in [0.1, 0.15) is 0 Å². The maximum absolute atomic E-state index is 12.1. The summed E-state index contributed by atoms with van der Waals surface area (Å²) < 4.78 is 7.17. The molecular weight excluding hydrogens is 324 g/mol. The number of likely N-dealkylation sites (tertiary alicyclic amines) is 1. The molecule has 0 radical (unpaired) electrons. The summed E-state index contributed by atoms with van der Waals surface area (Å²) in [5, 5.41) is 13.8. The number of rotatable bonds is 6. The van der Waals surface area contributed by atoms with Gasteiger partial charge < -0.3 is 20.3 Å².